The van der Waals surface area contributed by atoms with Gasteiger partial charge in [-0.2, -0.15) is 0 Å². The van der Waals surface area contributed by atoms with Gasteiger partial charge in [-0.15, -0.1) is 0 Å². The summed E-state index contributed by atoms with van der Waals surface area (Å²) >= 11 is 5.83. The summed E-state index contributed by atoms with van der Waals surface area (Å²) in [6.07, 6.45) is 0. The quantitative estimate of drug-likeness (QED) is 0.421. The van der Waals surface area contributed by atoms with Gasteiger partial charge >= 0.3 is 0 Å². The maximum absolute atomic E-state index is 14.3. The van der Waals surface area contributed by atoms with Crippen molar-refractivity contribution < 1.29 is 13.6 Å². The second kappa shape index (κ2) is 8.13. The Labute approximate surface area is 177 Å². The number of anilines is 1. The maximum Gasteiger partial charge on any atom is 0.261 e. The number of carbonyl (C=O) groups is 1. The van der Waals surface area contributed by atoms with Crippen LogP contribution in [-0.4, -0.2) is 5.91 Å². The van der Waals surface area contributed by atoms with Crippen LogP contribution in [0.2, 0.25) is 5.02 Å². The van der Waals surface area contributed by atoms with Crippen LogP contribution in [0.4, 0.5) is 15.8 Å². The number of aryl methyl sites for hydroxylation is 2. The molecule has 0 aliphatic heterocycles. The molecular formula is C24H18ClFN2O2. The van der Waals surface area contributed by atoms with Gasteiger partial charge in [0.15, 0.2) is 0 Å². The average Bonchev–Trinajstić information content (AvgIpc) is 2.71. The highest BCUT2D eigenvalue weighted by Crippen LogP contribution is 2.22. The van der Waals surface area contributed by atoms with E-state index in [0.29, 0.717) is 11.3 Å². The predicted octanol–water partition coefficient (Wildman–Crippen LogP) is 6.33. The van der Waals surface area contributed by atoms with E-state index in [9.17, 15) is 9.18 Å². The molecular weight excluding hydrogens is 403 g/mol. The minimum atomic E-state index is -0.605. The second-order valence-electron chi connectivity index (χ2n) is 6.98. The number of nitrogens with zero attached hydrogens (tertiary/aromatic N) is 1. The second-order valence-corrected chi connectivity index (χ2v) is 7.42. The third kappa shape index (κ3) is 4.11. The zero-order chi connectivity index (χ0) is 21.3. The van der Waals surface area contributed by atoms with Crippen molar-refractivity contribution in [2.75, 3.05) is 5.32 Å². The first-order valence-corrected chi connectivity index (χ1v) is 9.70. The van der Waals surface area contributed by atoms with Gasteiger partial charge in [0.1, 0.15) is 22.7 Å². The van der Waals surface area contributed by atoms with Gasteiger partial charge in [0, 0.05) is 16.1 Å². The van der Waals surface area contributed by atoms with Crippen LogP contribution < -0.4 is 10.9 Å². The summed E-state index contributed by atoms with van der Waals surface area (Å²) in [6, 6.07) is 18.8. The summed E-state index contributed by atoms with van der Waals surface area (Å²) in [5, 5.41) is 3.89. The predicted molar refractivity (Wildman–Crippen MR) is 117 cm³/mol. The molecule has 0 radical (unpaired) electrons. The number of amides is 1. The van der Waals surface area contributed by atoms with Gasteiger partial charge in [0.25, 0.3) is 5.91 Å². The fourth-order valence-corrected chi connectivity index (χ4v) is 3.30. The van der Waals surface area contributed by atoms with Gasteiger partial charge in [0.2, 0.25) is 5.55 Å². The Hall–Kier alpha value is -3.44. The molecule has 1 aromatic heterocycles. The molecule has 4 aromatic rings. The number of rotatable bonds is 3. The van der Waals surface area contributed by atoms with Crippen molar-refractivity contribution in [3.05, 3.63) is 99.8 Å². The normalized spacial score (nSPS) is 11.7. The summed E-state index contributed by atoms with van der Waals surface area (Å²) in [4.78, 5) is 17.4. The zero-order valence-corrected chi connectivity index (χ0v) is 17.1. The molecule has 0 saturated heterocycles. The number of para-hydroxylation sites is 1. The molecule has 1 heterocycles. The third-order valence-corrected chi connectivity index (χ3v) is 4.90. The summed E-state index contributed by atoms with van der Waals surface area (Å²) in [7, 11) is 0. The fraction of sp³-hybridized carbons (Fsp3) is 0.0833. The Morgan fingerprint density at radius 3 is 2.60 bits per heavy atom. The number of halogens is 2. The van der Waals surface area contributed by atoms with Crippen LogP contribution in [0.25, 0.3) is 11.0 Å². The van der Waals surface area contributed by atoms with Crippen LogP contribution in [0.5, 0.6) is 0 Å². The molecule has 0 bridgehead atoms. The van der Waals surface area contributed by atoms with Gasteiger partial charge in [0.05, 0.1) is 0 Å². The molecule has 150 valence electrons. The SMILES string of the molecule is Cc1ccc(NC(=O)c2cc3ccccc3oc2=Nc2ccc(Cl)cc2F)c(C)c1. The van der Waals surface area contributed by atoms with Gasteiger partial charge < -0.3 is 9.73 Å². The van der Waals surface area contributed by atoms with Crippen LogP contribution in [0.15, 0.2) is 76.1 Å². The lowest BCUT2D eigenvalue weighted by Crippen LogP contribution is -2.22. The van der Waals surface area contributed by atoms with Crippen LogP contribution in [0.1, 0.15) is 21.5 Å². The number of benzene rings is 3. The topological polar surface area (TPSA) is 54.6 Å². The van der Waals surface area contributed by atoms with Gasteiger partial charge in [-0.25, -0.2) is 9.38 Å². The van der Waals surface area contributed by atoms with Crippen LogP contribution >= 0.6 is 11.6 Å². The molecule has 4 rings (SSSR count). The van der Waals surface area contributed by atoms with E-state index < -0.39 is 11.7 Å². The maximum atomic E-state index is 14.3. The molecule has 0 fully saturated rings. The van der Waals surface area contributed by atoms with Gasteiger partial charge in [-0.3, -0.25) is 4.79 Å². The average molecular weight is 421 g/mol. The first-order valence-electron chi connectivity index (χ1n) is 9.32. The molecule has 0 aliphatic rings. The number of fused-ring (bicyclic) bond motifs is 1. The Balaban J connectivity index is 1.86. The zero-order valence-electron chi connectivity index (χ0n) is 16.4. The molecule has 0 unspecified atom stereocenters. The lowest BCUT2D eigenvalue weighted by atomic mass is 10.1. The van der Waals surface area contributed by atoms with Crippen molar-refractivity contribution in [2.45, 2.75) is 13.8 Å². The van der Waals surface area contributed by atoms with Crippen LogP contribution in [-0.2, 0) is 0 Å². The minimum Gasteiger partial charge on any atom is -0.438 e. The number of nitrogens with one attached hydrogen (secondary N) is 1. The van der Waals surface area contributed by atoms with Gasteiger partial charge in [-0.1, -0.05) is 47.5 Å². The molecule has 1 amide bonds. The largest absolute Gasteiger partial charge is 0.438 e. The third-order valence-electron chi connectivity index (χ3n) is 4.66. The van der Waals surface area contributed by atoms with E-state index in [1.807, 2.05) is 50.2 Å². The Morgan fingerprint density at radius 1 is 1.03 bits per heavy atom. The first kappa shape index (κ1) is 19.9. The van der Waals surface area contributed by atoms with E-state index in [1.165, 1.54) is 12.1 Å². The van der Waals surface area contributed by atoms with E-state index in [4.69, 9.17) is 16.0 Å². The highest BCUT2D eigenvalue weighted by molar-refractivity contribution is 6.30. The minimum absolute atomic E-state index is 0.0113. The molecule has 0 spiro atoms. The van der Waals surface area contributed by atoms with Crippen LogP contribution in [0.3, 0.4) is 0 Å². The molecule has 0 atom stereocenters. The Bertz CT molecular complexity index is 1340. The highest BCUT2D eigenvalue weighted by Gasteiger charge is 2.15. The van der Waals surface area contributed by atoms with Crippen molar-refractivity contribution in [1.29, 1.82) is 0 Å². The highest BCUT2D eigenvalue weighted by atomic mass is 35.5. The molecule has 4 nitrogen and oxygen atoms in total. The molecule has 3 aromatic carbocycles. The summed E-state index contributed by atoms with van der Waals surface area (Å²) in [6.45, 7) is 3.90. The summed E-state index contributed by atoms with van der Waals surface area (Å²) < 4.78 is 20.2. The van der Waals surface area contributed by atoms with E-state index in [0.717, 1.165) is 22.6 Å². The number of hydrogen-bond acceptors (Lipinski definition) is 3. The van der Waals surface area contributed by atoms with Crippen molar-refractivity contribution >= 4 is 39.9 Å². The number of carbonyl (C=O) groups excluding carboxylic acids is 1. The van der Waals surface area contributed by atoms with Crippen molar-refractivity contribution in [3.63, 3.8) is 0 Å². The molecule has 30 heavy (non-hydrogen) atoms. The first-order chi connectivity index (χ1) is 14.4. The monoisotopic (exact) mass is 420 g/mol. The van der Waals surface area contributed by atoms with E-state index in [-0.39, 0.29) is 21.8 Å². The lowest BCUT2D eigenvalue weighted by Gasteiger charge is -2.10. The van der Waals surface area contributed by atoms with Crippen LogP contribution in [0, 0.1) is 19.7 Å². The summed E-state index contributed by atoms with van der Waals surface area (Å²) in [5.41, 5.74) is 3.48. The lowest BCUT2D eigenvalue weighted by molar-refractivity contribution is 0.102. The number of hydrogen-bond donors (Lipinski definition) is 1. The van der Waals surface area contributed by atoms with E-state index in [1.54, 1.807) is 12.1 Å². The van der Waals surface area contributed by atoms with Crippen molar-refractivity contribution in [1.82, 2.24) is 0 Å². The van der Waals surface area contributed by atoms with Gasteiger partial charge in [-0.05, 0) is 55.8 Å². The summed E-state index contributed by atoms with van der Waals surface area (Å²) in [5.74, 6) is -1.00. The van der Waals surface area contributed by atoms with E-state index in [2.05, 4.69) is 10.3 Å². The van der Waals surface area contributed by atoms with Crippen molar-refractivity contribution in [2.24, 2.45) is 4.99 Å². The fourth-order valence-electron chi connectivity index (χ4n) is 3.14. The van der Waals surface area contributed by atoms with Crippen molar-refractivity contribution in [3.8, 4) is 0 Å². The Kier molecular flexibility index (Phi) is 5.38. The molecule has 0 saturated carbocycles. The Morgan fingerprint density at radius 2 is 1.83 bits per heavy atom. The standard InChI is InChI=1S/C24H18ClFN2O2/c1-14-7-9-20(15(2)11-14)27-23(29)18-12-16-5-3-4-6-22(16)30-24(18)28-21-10-8-17(25)13-19(21)26/h3-13H,1-2H3,(H,27,29). The molecule has 6 heteroatoms. The van der Waals surface area contributed by atoms with E-state index >= 15 is 0 Å². The molecule has 1 N–H and O–H groups in total. The smallest absolute Gasteiger partial charge is 0.261 e. The molecule has 0 aliphatic carbocycles.